The van der Waals surface area contributed by atoms with Gasteiger partial charge in [0.1, 0.15) is 0 Å². The third-order valence-electron chi connectivity index (χ3n) is 4.59. The monoisotopic (exact) mass is 401 g/mol. The zero-order valence-corrected chi connectivity index (χ0v) is 17.2. The quantitative estimate of drug-likeness (QED) is 0.719. The number of nitrogens with one attached hydrogen (secondary N) is 3. The minimum absolute atomic E-state index is 0.109. The van der Waals surface area contributed by atoms with Crippen LogP contribution in [-0.4, -0.2) is 32.5 Å². The Labute approximate surface area is 166 Å². The van der Waals surface area contributed by atoms with E-state index < -0.39 is 15.6 Å². The Hall–Kier alpha value is -2.22. The van der Waals surface area contributed by atoms with E-state index in [0.717, 1.165) is 13.0 Å². The number of hydrogen-bond donors (Lipinski definition) is 3. The highest BCUT2D eigenvalue weighted by Crippen LogP contribution is 2.26. The van der Waals surface area contributed by atoms with E-state index >= 15 is 0 Å². The van der Waals surface area contributed by atoms with Crippen molar-refractivity contribution in [3.8, 4) is 0 Å². The SMILES string of the molecule is CC(C)(C)NS(=O)(=O)c1ccc(NC(=O)C2CC(c3ccccc3)CN2)cc1. The van der Waals surface area contributed by atoms with Crippen molar-refractivity contribution in [1.82, 2.24) is 10.0 Å². The molecule has 1 aliphatic heterocycles. The summed E-state index contributed by atoms with van der Waals surface area (Å²) >= 11 is 0. The molecule has 1 saturated heterocycles. The topological polar surface area (TPSA) is 87.3 Å². The van der Waals surface area contributed by atoms with Crippen molar-refractivity contribution >= 4 is 21.6 Å². The van der Waals surface area contributed by atoms with E-state index in [-0.39, 0.29) is 16.8 Å². The highest BCUT2D eigenvalue weighted by atomic mass is 32.2. The van der Waals surface area contributed by atoms with Crippen LogP contribution in [0.4, 0.5) is 5.69 Å². The Kier molecular flexibility index (Phi) is 5.88. The molecule has 2 aromatic rings. The summed E-state index contributed by atoms with van der Waals surface area (Å²) in [5, 5.41) is 6.13. The summed E-state index contributed by atoms with van der Waals surface area (Å²) in [4.78, 5) is 12.7. The first-order chi connectivity index (χ1) is 13.1. The van der Waals surface area contributed by atoms with Crippen molar-refractivity contribution in [3.05, 3.63) is 60.2 Å². The zero-order valence-electron chi connectivity index (χ0n) is 16.4. The molecule has 0 aromatic heterocycles. The summed E-state index contributed by atoms with van der Waals surface area (Å²) in [6, 6.07) is 16.1. The van der Waals surface area contributed by atoms with Gasteiger partial charge in [0.2, 0.25) is 15.9 Å². The van der Waals surface area contributed by atoms with E-state index in [0.29, 0.717) is 11.6 Å². The van der Waals surface area contributed by atoms with Crippen LogP contribution < -0.4 is 15.4 Å². The van der Waals surface area contributed by atoms with Gasteiger partial charge >= 0.3 is 0 Å². The van der Waals surface area contributed by atoms with Gasteiger partial charge < -0.3 is 10.6 Å². The second-order valence-electron chi connectivity index (χ2n) is 8.17. The fraction of sp³-hybridized carbons (Fsp3) is 0.381. The molecule has 0 radical (unpaired) electrons. The molecule has 0 aliphatic carbocycles. The van der Waals surface area contributed by atoms with Crippen LogP contribution in [0.25, 0.3) is 0 Å². The lowest BCUT2D eigenvalue weighted by molar-refractivity contribution is -0.117. The molecule has 1 aliphatic rings. The molecule has 1 fully saturated rings. The third-order valence-corrected chi connectivity index (χ3v) is 6.36. The number of sulfonamides is 1. The Balaban J connectivity index is 1.61. The van der Waals surface area contributed by atoms with Crippen molar-refractivity contribution in [2.24, 2.45) is 0 Å². The van der Waals surface area contributed by atoms with Gasteiger partial charge in [-0.3, -0.25) is 4.79 Å². The predicted octanol–water partition coefficient (Wildman–Crippen LogP) is 2.85. The Bertz CT molecular complexity index is 920. The Morgan fingerprint density at radius 1 is 1.04 bits per heavy atom. The zero-order chi connectivity index (χ0) is 20.4. The molecule has 7 heteroatoms. The van der Waals surface area contributed by atoms with Gasteiger partial charge in [0, 0.05) is 17.8 Å². The molecule has 3 rings (SSSR count). The molecule has 2 atom stereocenters. The number of carbonyl (C=O) groups excluding carboxylic acids is 1. The molecule has 6 nitrogen and oxygen atoms in total. The van der Waals surface area contributed by atoms with Crippen LogP contribution >= 0.6 is 0 Å². The Morgan fingerprint density at radius 3 is 2.29 bits per heavy atom. The van der Waals surface area contributed by atoms with Crippen LogP contribution in [0.5, 0.6) is 0 Å². The lowest BCUT2D eigenvalue weighted by Gasteiger charge is -2.20. The lowest BCUT2D eigenvalue weighted by atomic mass is 9.96. The summed E-state index contributed by atoms with van der Waals surface area (Å²) in [7, 11) is -3.59. The predicted molar refractivity (Wildman–Crippen MR) is 111 cm³/mol. The molecule has 1 heterocycles. The summed E-state index contributed by atoms with van der Waals surface area (Å²) in [5.41, 5.74) is 1.24. The van der Waals surface area contributed by atoms with Crippen LogP contribution in [0.1, 0.15) is 38.7 Å². The van der Waals surface area contributed by atoms with Crippen LogP contribution in [0.2, 0.25) is 0 Å². The number of amides is 1. The maximum Gasteiger partial charge on any atom is 0.241 e. The van der Waals surface area contributed by atoms with Crippen molar-refractivity contribution in [2.45, 2.75) is 49.6 Å². The molecule has 150 valence electrons. The summed E-state index contributed by atoms with van der Waals surface area (Å²) in [5.74, 6) is 0.204. The molecule has 0 bridgehead atoms. The van der Waals surface area contributed by atoms with Crippen LogP contribution in [0, 0.1) is 0 Å². The first kappa shape index (κ1) is 20.5. The average Bonchev–Trinajstić information content (AvgIpc) is 3.11. The van der Waals surface area contributed by atoms with E-state index in [4.69, 9.17) is 0 Å². The van der Waals surface area contributed by atoms with E-state index in [1.54, 1.807) is 32.9 Å². The van der Waals surface area contributed by atoms with Crippen LogP contribution in [0.15, 0.2) is 59.5 Å². The van der Waals surface area contributed by atoms with E-state index in [2.05, 4.69) is 27.5 Å². The second kappa shape index (κ2) is 8.03. The van der Waals surface area contributed by atoms with Gasteiger partial charge in [-0.05, 0) is 62.9 Å². The van der Waals surface area contributed by atoms with Crippen molar-refractivity contribution in [1.29, 1.82) is 0 Å². The first-order valence-corrected chi connectivity index (χ1v) is 10.9. The number of anilines is 1. The molecular formula is C21H27N3O3S. The van der Waals surface area contributed by atoms with E-state index in [9.17, 15) is 13.2 Å². The summed E-state index contributed by atoms with van der Waals surface area (Å²) < 4.78 is 27.3. The summed E-state index contributed by atoms with van der Waals surface area (Å²) in [6.45, 7) is 6.13. The molecule has 28 heavy (non-hydrogen) atoms. The molecule has 2 aromatic carbocycles. The van der Waals surface area contributed by atoms with Crippen molar-refractivity contribution in [2.75, 3.05) is 11.9 Å². The largest absolute Gasteiger partial charge is 0.325 e. The average molecular weight is 402 g/mol. The highest BCUT2D eigenvalue weighted by molar-refractivity contribution is 7.89. The summed E-state index contributed by atoms with van der Waals surface area (Å²) in [6.07, 6.45) is 0.734. The molecule has 2 unspecified atom stereocenters. The van der Waals surface area contributed by atoms with Crippen molar-refractivity contribution < 1.29 is 13.2 Å². The minimum atomic E-state index is -3.59. The Morgan fingerprint density at radius 2 is 1.68 bits per heavy atom. The van der Waals surface area contributed by atoms with Gasteiger partial charge in [0.05, 0.1) is 10.9 Å². The maximum absolute atomic E-state index is 12.6. The van der Waals surface area contributed by atoms with Crippen molar-refractivity contribution in [3.63, 3.8) is 0 Å². The molecular weight excluding hydrogens is 374 g/mol. The van der Waals surface area contributed by atoms with Gasteiger partial charge in [-0.2, -0.15) is 0 Å². The van der Waals surface area contributed by atoms with Gasteiger partial charge in [-0.25, -0.2) is 13.1 Å². The fourth-order valence-electron chi connectivity index (χ4n) is 3.32. The molecule has 0 saturated carbocycles. The van der Waals surface area contributed by atoms with Crippen LogP contribution in [0.3, 0.4) is 0 Å². The fourth-order valence-corrected chi connectivity index (χ4v) is 4.74. The third kappa shape index (κ3) is 5.19. The number of rotatable bonds is 5. The first-order valence-electron chi connectivity index (χ1n) is 9.37. The second-order valence-corrected chi connectivity index (χ2v) is 9.86. The highest BCUT2D eigenvalue weighted by Gasteiger charge is 2.30. The van der Waals surface area contributed by atoms with Gasteiger partial charge in [0.15, 0.2) is 0 Å². The maximum atomic E-state index is 12.6. The van der Waals surface area contributed by atoms with Gasteiger partial charge in [-0.15, -0.1) is 0 Å². The standard InChI is InChI=1S/C21H27N3O3S/c1-21(2,3)24-28(26,27)18-11-9-17(10-12-18)23-20(25)19-13-16(14-22-19)15-7-5-4-6-8-15/h4-12,16,19,22,24H,13-14H2,1-3H3,(H,23,25). The molecule has 1 amide bonds. The smallest absolute Gasteiger partial charge is 0.241 e. The minimum Gasteiger partial charge on any atom is -0.325 e. The molecule has 0 spiro atoms. The normalized spacial score (nSPS) is 20.1. The van der Waals surface area contributed by atoms with Gasteiger partial charge in [0.25, 0.3) is 0 Å². The van der Waals surface area contributed by atoms with E-state index in [1.165, 1.54) is 17.7 Å². The number of carbonyl (C=O) groups is 1. The van der Waals surface area contributed by atoms with E-state index in [1.807, 2.05) is 18.2 Å². The van der Waals surface area contributed by atoms with Crippen LogP contribution in [-0.2, 0) is 14.8 Å². The lowest BCUT2D eigenvalue weighted by Crippen LogP contribution is -2.40. The van der Waals surface area contributed by atoms with Gasteiger partial charge in [-0.1, -0.05) is 30.3 Å². The number of benzene rings is 2. The molecule has 3 N–H and O–H groups in total. The number of hydrogen-bond acceptors (Lipinski definition) is 4.